The van der Waals surface area contributed by atoms with Gasteiger partial charge in [0.25, 0.3) is 0 Å². The summed E-state index contributed by atoms with van der Waals surface area (Å²) in [6, 6.07) is 17.7. The summed E-state index contributed by atoms with van der Waals surface area (Å²) < 4.78 is 4.74. The highest BCUT2D eigenvalue weighted by molar-refractivity contribution is 5.85. The Hall–Kier alpha value is -3.08. The lowest BCUT2D eigenvalue weighted by Crippen LogP contribution is -2.35. The van der Waals surface area contributed by atoms with Gasteiger partial charge in [-0.05, 0) is 23.6 Å². The highest BCUT2D eigenvalue weighted by Gasteiger charge is 2.18. The zero-order valence-electron chi connectivity index (χ0n) is 14.8. The molecule has 1 N–H and O–H groups in total. The Morgan fingerprint density at radius 1 is 1.04 bits per heavy atom. The molecule has 1 aromatic heterocycles. The number of aryl methyl sites for hydroxylation is 1. The SMILES string of the molecule is COC(=O)CN(Cc1ccccc1)C(=O)CCc1c[nH]c2ccccc12. The molecule has 0 saturated heterocycles. The van der Waals surface area contributed by atoms with Crippen molar-refractivity contribution >= 4 is 22.8 Å². The van der Waals surface area contributed by atoms with Crippen LogP contribution in [0.15, 0.2) is 60.8 Å². The maximum absolute atomic E-state index is 12.7. The Balaban J connectivity index is 1.69. The molecule has 0 aliphatic carbocycles. The van der Waals surface area contributed by atoms with Crippen molar-refractivity contribution in [1.82, 2.24) is 9.88 Å². The van der Waals surface area contributed by atoms with Crippen molar-refractivity contribution in [3.05, 3.63) is 71.9 Å². The summed E-state index contributed by atoms with van der Waals surface area (Å²) in [5.41, 5.74) is 3.15. The Morgan fingerprint density at radius 3 is 2.54 bits per heavy atom. The van der Waals surface area contributed by atoms with Gasteiger partial charge in [-0.2, -0.15) is 0 Å². The maximum atomic E-state index is 12.7. The normalized spacial score (nSPS) is 10.7. The van der Waals surface area contributed by atoms with Gasteiger partial charge in [0.2, 0.25) is 5.91 Å². The summed E-state index contributed by atoms with van der Waals surface area (Å²) >= 11 is 0. The van der Waals surface area contributed by atoms with Crippen molar-refractivity contribution in [2.75, 3.05) is 13.7 Å². The molecule has 0 aliphatic rings. The average molecular weight is 350 g/mol. The van der Waals surface area contributed by atoms with E-state index in [2.05, 4.69) is 4.98 Å². The van der Waals surface area contributed by atoms with Crippen molar-refractivity contribution in [2.45, 2.75) is 19.4 Å². The average Bonchev–Trinajstić information content (AvgIpc) is 3.09. The number of para-hydroxylation sites is 1. The van der Waals surface area contributed by atoms with Crippen LogP contribution in [0.25, 0.3) is 10.9 Å². The molecule has 0 fully saturated rings. The Morgan fingerprint density at radius 2 is 1.77 bits per heavy atom. The van der Waals surface area contributed by atoms with E-state index in [-0.39, 0.29) is 12.5 Å². The minimum absolute atomic E-state index is 0.0435. The first-order chi connectivity index (χ1) is 12.7. The summed E-state index contributed by atoms with van der Waals surface area (Å²) in [5.74, 6) is -0.481. The fourth-order valence-corrected chi connectivity index (χ4v) is 2.99. The van der Waals surface area contributed by atoms with Gasteiger partial charge in [-0.15, -0.1) is 0 Å². The van der Waals surface area contributed by atoms with Crippen LogP contribution in [0.4, 0.5) is 0 Å². The number of aromatic amines is 1. The van der Waals surface area contributed by atoms with E-state index >= 15 is 0 Å². The number of carbonyl (C=O) groups is 2. The van der Waals surface area contributed by atoms with Crippen molar-refractivity contribution in [1.29, 1.82) is 0 Å². The third-order valence-corrected chi connectivity index (χ3v) is 4.40. The number of rotatable bonds is 7. The van der Waals surface area contributed by atoms with E-state index in [9.17, 15) is 9.59 Å². The van der Waals surface area contributed by atoms with Gasteiger partial charge in [0, 0.05) is 30.1 Å². The number of amides is 1. The molecule has 0 bridgehead atoms. The smallest absolute Gasteiger partial charge is 0.325 e. The highest BCUT2D eigenvalue weighted by Crippen LogP contribution is 2.19. The molecule has 0 unspecified atom stereocenters. The molecule has 134 valence electrons. The molecule has 0 saturated carbocycles. The van der Waals surface area contributed by atoms with E-state index < -0.39 is 5.97 Å². The fourth-order valence-electron chi connectivity index (χ4n) is 2.99. The number of fused-ring (bicyclic) bond motifs is 1. The van der Waals surface area contributed by atoms with E-state index in [1.807, 2.05) is 60.8 Å². The number of carbonyl (C=O) groups excluding carboxylic acids is 2. The summed E-state index contributed by atoms with van der Waals surface area (Å²) in [5, 5.41) is 1.13. The van der Waals surface area contributed by atoms with Gasteiger partial charge in [0.1, 0.15) is 6.54 Å². The molecule has 5 nitrogen and oxygen atoms in total. The molecule has 3 aromatic rings. The summed E-state index contributed by atoms with van der Waals surface area (Å²) in [7, 11) is 1.33. The maximum Gasteiger partial charge on any atom is 0.325 e. The van der Waals surface area contributed by atoms with Gasteiger partial charge >= 0.3 is 5.97 Å². The van der Waals surface area contributed by atoms with E-state index in [4.69, 9.17) is 4.74 Å². The van der Waals surface area contributed by atoms with Crippen LogP contribution in [0.3, 0.4) is 0 Å². The quantitative estimate of drug-likeness (QED) is 0.665. The zero-order valence-corrected chi connectivity index (χ0v) is 14.8. The van der Waals surface area contributed by atoms with Crippen molar-refractivity contribution in [2.24, 2.45) is 0 Å². The number of ether oxygens (including phenoxy) is 1. The third-order valence-electron chi connectivity index (χ3n) is 4.40. The van der Waals surface area contributed by atoms with Gasteiger partial charge < -0.3 is 14.6 Å². The van der Waals surface area contributed by atoms with E-state index in [1.54, 1.807) is 4.90 Å². The topological polar surface area (TPSA) is 62.4 Å². The Kier molecular flexibility index (Phi) is 5.69. The standard InChI is InChI=1S/C21H22N2O3/c1-26-21(25)15-23(14-16-7-3-2-4-8-16)20(24)12-11-17-13-22-19-10-6-5-9-18(17)19/h2-10,13,22H,11-12,14-15H2,1H3. The van der Waals surface area contributed by atoms with Crippen molar-refractivity contribution in [3.8, 4) is 0 Å². The number of aromatic nitrogens is 1. The predicted octanol–water partition coefficient (Wildman–Crippen LogP) is 3.30. The summed E-state index contributed by atoms with van der Waals surface area (Å²) in [6.45, 7) is 0.348. The van der Waals surface area contributed by atoms with Crippen molar-refractivity contribution < 1.29 is 14.3 Å². The number of benzene rings is 2. The number of hydrogen-bond donors (Lipinski definition) is 1. The first kappa shape index (κ1) is 17.7. The highest BCUT2D eigenvalue weighted by atomic mass is 16.5. The van der Waals surface area contributed by atoms with Gasteiger partial charge in [-0.25, -0.2) is 0 Å². The molecule has 3 rings (SSSR count). The number of H-pyrrole nitrogens is 1. The second-order valence-corrected chi connectivity index (χ2v) is 6.17. The molecule has 1 amide bonds. The summed E-state index contributed by atoms with van der Waals surface area (Å²) in [4.78, 5) is 29.2. The second kappa shape index (κ2) is 8.34. The minimum atomic E-state index is -0.415. The lowest BCUT2D eigenvalue weighted by atomic mass is 10.1. The lowest BCUT2D eigenvalue weighted by Gasteiger charge is -2.21. The van der Waals surface area contributed by atoms with Crippen molar-refractivity contribution in [3.63, 3.8) is 0 Å². The largest absolute Gasteiger partial charge is 0.468 e. The predicted molar refractivity (Wildman–Crippen MR) is 100 cm³/mol. The molecular weight excluding hydrogens is 328 g/mol. The second-order valence-electron chi connectivity index (χ2n) is 6.17. The number of hydrogen-bond acceptors (Lipinski definition) is 3. The molecule has 1 heterocycles. The van der Waals surface area contributed by atoms with E-state index in [0.717, 1.165) is 22.0 Å². The third kappa shape index (κ3) is 4.30. The first-order valence-electron chi connectivity index (χ1n) is 8.61. The van der Waals surface area contributed by atoms with Crippen LogP contribution < -0.4 is 0 Å². The van der Waals surface area contributed by atoms with Crippen LogP contribution in [0.1, 0.15) is 17.5 Å². The van der Waals surface area contributed by atoms with E-state index in [0.29, 0.717) is 19.4 Å². The van der Waals surface area contributed by atoms with Gasteiger partial charge in [0.05, 0.1) is 7.11 Å². The molecule has 0 atom stereocenters. The molecule has 0 radical (unpaired) electrons. The number of esters is 1. The minimum Gasteiger partial charge on any atom is -0.468 e. The molecule has 0 spiro atoms. The van der Waals surface area contributed by atoms with Crippen LogP contribution in [-0.4, -0.2) is 35.4 Å². The molecule has 2 aromatic carbocycles. The van der Waals surface area contributed by atoms with Crippen LogP contribution in [0.5, 0.6) is 0 Å². The van der Waals surface area contributed by atoms with Gasteiger partial charge in [-0.1, -0.05) is 48.5 Å². The van der Waals surface area contributed by atoms with Crippen LogP contribution >= 0.6 is 0 Å². The fraction of sp³-hybridized carbons (Fsp3) is 0.238. The van der Waals surface area contributed by atoms with Crippen LogP contribution in [0.2, 0.25) is 0 Å². The van der Waals surface area contributed by atoms with Gasteiger partial charge in [0.15, 0.2) is 0 Å². The molecule has 5 heteroatoms. The zero-order chi connectivity index (χ0) is 18.4. The van der Waals surface area contributed by atoms with Crippen LogP contribution in [-0.2, 0) is 27.3 Å². The number of methoxy groups -OCH3 is 1. The van der Waals surface area contributed by atoms with Gasteiger partial charge in [-0.3, -0.25) is 9.59 Å². The van der Waals surface area contributed by atoms with E-state index in [1.165, 1.54) is 7.11 Å². The molecular formula is C21H22N2O3. The number of nitrogens with one attached hydrogen (secondary N) is 1. The number of nitrogens with zero attached hydrogens (tertiary/aromatic N) is 1. The Labute approximate surface area is 152 Å². The molecule has 0 aliphatic heterocycles. The Bertz CT molecular complexity index is 886. The monoisotopic (exact) mass is 350 g/mol. The lowest BCUT2D eigenvalue weighted by molar-refractivity contribution is -0.147. The van der Waals surface area contributed by atoms with Crippen LogP contribution in [0, 0.1) is 0 Å². The first-order valence-corrected chi connectivity index (χ1v) is 8.61. The summed E-state index contributed by atoms with van der Waals surface area (Å²) in [6.07, 6.45) is 2.90. The molecule has 26 heavy (non-hydrogen) atoms.